The Hall–Kier alpha value is -1.81. The Kier molecular flexibility index (Phi) is 3.40. The molecule has 0 bridgehead atoms. The molecule has 1 saturated heterocycles. The van der Waals surface area contributed by atoms with Crippen LogP contribution in [0.2, 0.25) is 0 Å². The van der Waals surface area contributed by atoms with Crippen LogP contribution in [0.5, 0.6) is 5.75 Å². The van der Waals surface area contributed by atoms with E-state index in [0.29, 0.717) is 6.04 Å². The number of fused-ring (bicyclic) bond motifs is 1. The number of rotatable bonds is 4. The Morgan fingerprint density at radius 2 is 2.17 bits per heavy atom. The topological polar surface area (TPSA) is 30.3 Å². The van der Waals surface area contributed by atoms with Gasteiger partial charge in [-0.1, -0.05) is 12.1 Å². The van der Waals surface area contributed by atoms with E-state index in [1.54, 1.807) is 0 Å². The van der Waals surface area contributed by atoms with Crippen molar-refractivity contribution in [2.45, 2.75) is 51.1 Å². The van der Waals surface area contributed by atoms with Crippen molar-refractivity contribution in [3.05, 3.63) is 47.0 Å². The molecule has 24 heavy (non-hydrogen) atoms. The van der Waals surface area contributed by atoms with Crippen LogP contribution >= 0.6 is 0 Å². The maximum atomic E-state index is 5.62. The molecule has 4 nitrogen and oxygen atoms in total. The fraction of sp³-hybridized carbons (Fsp3) is 0.550. The summed E-state index contributed by atoms with van der Waals surface area (Å²) in [5, 5.41) is 0. The number of imidazole rings is 1. The van der Waals surface area contributed by atoms with E-state index in [0.717, 1.165) is 37.8 Å². The lowest BCUT2D eigenvalue weighted by molar-refractivity contribution is 0.314. The summed E-state index contributed by atoms with van der Waals surface area (Å²) in [6.07, 6.45) is 7.01. The van der Waals surface area contributed by atoms with E-state index >= 15 is 0 Å². The first kappa shape index (κ1) is 14.5. The van der Waals surface area contributed by atoms with Crippen LogP contribution in [-0.4, -0.2) is 34.1 Å². The van der Waals surface area contributed by atoms with Crippen LogP contribution in [0.15, 0.2) is 24.4 Å². The van der Waals surface area contributed by atoms with Crippen molar-refractivity contribution in [1.29, 1.82) is 0 Å². The zero-order chi connectivity index (χ0) is 16.1. The monoisotopic (exact) mass is 323 g/mol. The largest absolute Gasteiger partial charge is 0.493 e. The molecule has 2 aliphatic heterocycles. The average molecular weight is 323 g/mol. The number of hydrogen-bond acceptors (Lipinski definition) is 3. The quantitative estimate of drug-likeness (QED) is 0.863. The molecule has 1 atom stereocenters. The van der Waals surface area contributed by atoms with E-state index < -0.39 is 0 Å². The van der Waals surface area contributed by atoms with E-state index in [-0.39, 0.29) is 0 Å². The van der Waals surface area contributed by atoms with E-state index in [2.05, 4.69) is 40.8 Å². The minimum absolute atomic E-state index is 0.598. The molecule has 0 N–H and O–H groups in total. The molecule has 1 saturated carbocycles. The number of likely N-dealkylation sites (tertiary alicyclic amines) is 1. The Morgan fingerprint density at radius 3 is 3.04 bits per heavy atom. The Bertz CT molecular complexity index is 762. The summed E-state index contributed by atoms with van der Waals surface area (Å²) in [7, 11) is 0. The molecule has 2 fully saturated rings. The maximum absolute atomic E-state index is 5.62. The maximum Gasteiger partial charge on any atom is 0.122 e. The van der Waals surface area contributed by atoms with E-state index in [4.69, 9.17) is 9.72 Å². The molecule has 2 aromatic rings. The van der Waals surface area contributed by atoms with Gasteiger partial charge >= 0.3 is 0 Å². The number of benzene rings is 1. The van der Waals surface area contributed by atoms with E-state index in [1.807, 2.05) is 0 Å². The molecule has 1 aromatic heterocycles. The summed E-state index contributed by atoms with van der Waals surface area (Å²) in [5.41, 5.74) is 4.13. The van der Waals surface area contributed by atoms with Gasteiger partial charge in [-0.05, 0) is 43.4 Å². The van der Waals surface area contributed by atoms with Crippen molar-refractivity contribution >= 4 is 0 Å². The van der Waals surface area contributed by atoms with Crippen molar-refractivity contribution in [3.8, 4) is 5.75 Å². The van der Waals surface area contributed by atoms with Crippen molar-refractivity contribution in [2.24, 2.45) is 0 Å². The minimum atomic E-state index is 0.598. The SMILES string of the molecule is Cc1cnc(C2CC2)n1C1CCN(Cc2ccc3c(c2)CCO3)C1. The van der Waals surface area contributed by atoms with Crippen LogP contribution < -0.4 is 4.74 Å². The first-order chi connectivity index (χ1) is 11.8. The lowest BCUT2D eigenvalue weighted by Crippen LogP contribution is -2.22. The third-order valence-corrected chi connectivity index (χ3v) is 5.73. The highest BCUT2D eigenvalue weighted by Crippen LogP contribution is 2.41. The number of aromatic nitrogens is 2. The summed E-state index contributed by atoms with van der Waals surface area (Å²) in [4.78, 5) is 7.30. The smallest absolute Gasteiger partial charge is 0.122 e. The Labute approximate surface area is 143 Å². The van der Waals surface area contributed by atoms with E-state index in [9.17, 15) is 0 Å². The van der Waals surface area contributed by atoms with E-state index in [1.165, 1.54) is 48.5 Å². The van der Waals surface area contributed by atoms with Gasteiger partial charge in [-0.2, -0.15) is 0 Å². The van der Waals surface area contributed by atoms with Crippen LogP contribution in [-0.2, 0) is 13.0 Å². The van der Waals surface area contributed by atoms with Crippen molar-refractivity contribution in [1.82, 2.24) is 14.5 Å². The highest BCUT2D eigenvalue weighted by Gasteiger charge is 2.33. The van der Waals surface area contributed by atoms with Crippen LogP contribution in [0.4, 0.5) is 0 Å². The number of aryl methyl sites for hydroxylation is 1. The normalized spacial score (nSPS) is 23.5. The summed E-state index contributed by atoms with van der Waals surface area (Å²) < 4.78 is 8.16. The second-order valence-electron chi connectivity index (χ2n) is 7.62. The van der Waals surface area contributed by atoms with Crippen LogP contribution in [0.25, 0.3) is 0 Å². The van der Waals surface area contributed by atoms with Gasteiger partial charge in [0.2, 0.25) is 0 Å². The van der Waals surface area contributed by atoms with Gasteiger partial charge in [0, 0.05) is 49.9 Å². The van der Waals surface area contributed by atoms with Crippen LogP contribution in [0, 0.1) is 6.92 Å². The van der Waals surface area contributed by atoms with Gasteiger partial charge in [0.25, 0.3) is 0 Å². The molecular weight excluding hydrogens is 298 g/mol. The molecule has 1 aliphatic carbocycles. The summed E-state index contributed by atoms with van der Waals surface area (Å²) in [6.45, 7) is 6.43. The zero-order valence-electron chi connectivity index (χ0n) is 14.4. The summed E-state index contributed by atoms with van der Waals surface area (Å²) in [5.74, 6) is 3.15. The van der Waals surface area contributed by atoms with Gasteiger partial charge in [-0.25, -0.2) is 4.98 Å². The van der Waals surface area contributed by atoms with Gasteiger partial charge < -0.3 is 9.30 Å². The molecule has 3 aliphatic rings. The zero-order valence-corrected chi connectivity index (χ0v) is 14.4. The minimum Gasteiger partial charge on any atom is -0.493 e. The third-order valence-electron chi connectivity index (χ3n) is 5.73. The first-order valence-corrected chi connectivity index (χ1v) is 9.28. The molecule has 5 rings (SSSR count). The van der Waals surface area contributed by atoms with Crippen molar-refractivity contribution in [2.75, 3.05) is 19.7 Å². The molecule has 0 spiro atoms. The Balaban J connectivity index is 1.30. The first-order valence-electron chi connectivity index (χ1n) is 9.28. The molecule has 0 radical (unpaired) electrons. The molecule has 126 valence electrons. The van der Waals surface area contributed by atoms with Crippen LogP contribution in [0.1, 0.15) is 53.9 Å². The lowest BCUT2D eigenvalue weighted by Gasteiger charge is -2.20. The molecule has 0 amide bonds. The highest BCUT2D eigenvalue weighted by atomic mass is 16.5. The van der Waals surface area contributed by atoms with Gasteiger partial charge in [0.15, 0.2) is 0 Å². The van der Waals surface area contributed by atoms with Crippen molar-refractivity contribution in [3.63, 3.8) is 0 Å². The number of ether oxygens (including phenoxy) is 1. The summed E-state index contributed by atoms with van der Waals surface area (Å²) >= 11 is 0. The highest BCUT2D eigenvalue weighted by molar-refractivity contribution is 5.39. The van der Waals surface area contributed by atoms with Crippen LogP contribution in [0.3, 0.4) is 0 Å². The molecule has 1 unspecified atom stereocenters. The molecule has 3 heterocycles. The molecular formula is C20H25N3O. The standard InChI is InChI=1S/C20H25N3O/c1-14-11-21-20(16-3-4-16)23(14)18-6-8-22(13-18)12-15-2-5-19-17(10-15)7-9-24-19/h2,5,10-11,16,18H,3-4,6-9,12-13H2,1H3. The van der Waals surface area contributed by atoms with Gasteiger partial charge in [0.05, 0.1) is 6.61 Å². The van der Waals surface area contributed by atoms with Gasteiger partial charge in [-0.3, -0.25) is 4.90 Å². The van der Waals surface area contributed by atoms with Crippen molar-refractivity contribution < 1.29 is 4.74 Å². The number of nitrogens with zero attached hydrogens (tertiary/aromatic N) is 3. The second-order valence-corrected chi connectivity index (χ2v) is 7.62. The average Bonchev–Trinajstić information content (AvgIpc) is 2.98. The Morgan fingerprint density at radius 1 is 1.25 bits per heavy atom. The second kappa shape index (κ2) is 5.62. The predicted molar refractivity (Wildman–Crippen MR) is 93.5 cm³/mol. The van der Waals surface area contributed by atoms with Gasteiger partial charge in [-0.15, -0.1) is 0 Å². The molecule has 1 aromatic carbocycles. The summed E-state index contributed by atoms with van der Waals surface area (Å²) in [6, 6.07) is 7.32. The third kappa shape index (κ3) is 2.53. The fourth-order valence-electron chi connectivity index (χ4n) is 4.35. The number of hydrogen-bond donors (Lipinski definition) is 0. The van der Waals surface area contributed by atoms with Gasteiger partial charge in [0.1, 0.15) is 11.6 Å². The molecule has 4 heteroatoms. The predicted octanol–water partition coefficient (Wildman–Crippen LogP) is 3.45. The lowest BCUT2D eigenvalue weighted by atomic mass is 10.1. The fourth-order valence-corrected chi connectivity index (χ4v) is 4.35.